The van der Waals surface area contributed by atoms with Gasteiger partial charge in [-0.05, 0) is 36.5 Å². The number of carbonyl (C=O) groups is 1. The third kappa shape index (κ3) is 3.17. The molecule has 0 saturated heterocycles. The van der Waals surface area contributed by atoms with Crippen LogP contribution in [0.25, 0.3) is 0 Å². The fourth-order valence-corrected chi connectivity index (χ4v) is 6.26. The zero-order valence-electron chi connectivity index (χ0n) is 13.4. The van der Waals surface area contributed by atoms with Crippen molar-refractivity contribution in [1.82, 2.24) is 0 Å². The highest BCUT2D eigenvalue weighted by atomic mass is 32.2. The molecule has 3 unspecified atom stereocenters. The predicted octanol–water partition coefficient (Wildman–Crippen LogP) is 3.67. The Morgan fingerprint density at radius 3 is 3.00 bits per heavy atom. The number of hydrogen-bond donors (Lipinski definition) is 0. The number of ether oxygens (including phenoxy) is 1. The molecule has 0 bridgehead atoms. The maximum atomic E-state index is 12.5. The quantitative estimate of drug-likeness (QED) is 0.779. The molecule has 3 aliphatic heterocycles. The van der Waals surface area contributed by atoms with Gasteiger partial charge in [-0.1, -0.05) is 31.5 Å². The van der Waals surface area contributed by atoms with Crippen molar-refractivity contribution >= 4 is 40.3 Å². The molecule has 4 aliphatic rings. The van der Waals surface area contributed by atoms with Crippen molar-refractivity contribution in [3.63, 3.8) is 0 Å². The lowest BCUT2D eigenvalue weighted by Gasteiger charge is -2.28. The first-order valence-corrected chi connectivity index (χ1v) is 10.5. The van der Waals surface area contributed by atoms with E-state index in [1.807, 2.05) is 11.8 Å². The van der Waals surface area contributed by atoms with Gasteiger partial charge < -0.3 is 4.74 Å². The van der Waals surface area contributed by atoms with Crippen LogP contribution in [0, 0.1) is 11.8 Å². The van der Waals surface area contributed by atoms with Crippen LogP contribution in [0.15, 0.2) is 20.5 Å². The van der Waals surface area contributed by atoms with Gasteiger partial charge in [0, 0.05) is 10.7 Å². The first-order valence-electron chi connectivity index (χ1n) is 8.51. The number of nitrogens with zero attached hydrogens (tertiary/aromatic N) is 2. The van der Waals surface area contributed by atoms with Crippen LogP contribution in [-0.4, -0.2) is 41.0 Å². The Hall–Kier alpha value is -0.590. The standard InChI is InChI=1S/C17H22N2O2S2/c1-10-4-2-3-5-12(10)21-8-14-18-16(20)15-11-6-7-22-9-13(11)23-17(15)19-14/h10,12,15H,2-9H2,1H3. The number of amidine groups is 1. The molecule has 1 amide bonds. The maximum absolute atomic E-state index is 12.5. The number of fused-ring (bicyclic) bond motifs is 2. The van der Waals surface area contributed by atoms with Gasteiger partial charge in [-0.15, -0.1) is 0 Å². The van der Waals surface area contributed by atoms with Crippen LogP contribution >= 0.6 is 23.5 Å². The average Bonchev–Trinajstić information content (AvgIpc) is 2.93. The van der Waals surface area contributed by atoms with E-state index in [0.29, 0.717) is 24.5 Å². The van der Waals surface area contributed by atoms with Gasteiger partial charge in [0.1, 0.15) is 12.5 Å². The van der Waals surface area contributed by atoms with Crippen molar-refractivity contribution < 1.29 is 9.53 Å². The van der Waals surface area contributed by atoms with Crippen molar-refractivity contribution in [1.29, 1.82) is 0 Å². The normalized spacial score (nSPS) is 34.0. The molecule has 0 radical (unpaired) electrons. The van der Waals surface area contributed by atoms with Gasteiger partial charge in [0.25, 0.3) is 5.91 Å². The molecule has 1 fully saturated rings. The van der Waals surface area contributed by atoms with Gasteiger partial charge in [0.15, 0.2) is 5.84 Å². The van der Waals surface area contributed by atoms with Crippen molar-refractivity contribution in [2.75, 3.05) is 18.1 Å². The van der Waals surface area contributed by atoms with Gasteiger partial charge >= 0.3 is 0 Å². The SMILES string of the molecule is CC1CCCCC1OCC1=NC(=O)C2C(=N1)SC1=C2CCSC1. The molecule has 4 rings (SSSR count). The monoisotopic (exact) mass is 350 g/mol. The Balaban J connectivity index is 1.43. The lowest BCUT2D eigenvalue weighted by Crippen LogP contribution is -2.31. The minimum absolute atomic E-state index is 0.0327. The van der Waals surface area contributed by atoms with E-state index in [2.05, 4.69) is 16.9 Å². The molecule has 3 heterocycles. The smallest absolute Gasteiger partial charge is 0.261 e. The fraction of sp³-hybridized carbons (Fsp3) is 0.706. The maximum Gasteiger partial charge on any atom is 0.261 e. The van der Waals surface area contributed by atoms with Gasteiger partial charge in [0.05, 0.1) is 11.1 Å². The molecular weight excluding hydrogens is 328 g/mol. The summed E-state index contributed by atoms with van der Waals surface area (Å²) in [4.78, 5) is 22.7. The highest BCUT2D eigenvalue weighted by molar-refractivity contribution is 8.18. The Morgan fingerprint density at radius 2 is 2.13 bits per heavy atom. The van der Waals surface area contributed by atoms with Crippen LogP contribution in [-0.2, 0) is 9.53 Å². The molecule has 0 N–H and O–H groups in total. The third-order valence-corrected chi connectivity index (χ3v) is 7.47. The zero-order valence-corrected chi connectivity index (χ0v) is 15.0. The molecule has 124 valence electrons. The molecule has 1 aliphatic carbocycles. The summed E-state index contributed by atoms with van der Waals surface area (Å²) in [5.41, 5.74) is 1.28. The zero-order chi connectivity index (χ0) is 15.8. The van der Waals surface area contributed by atoms with Crippen LogP contribution in [0.1, 0.15) is 39.0 Å². The van der Waals surface area contributed by atoms with Crippen LogP contribution in [0.3, 0.4) is 0 Å². The van der Waals surface area contributed by atoms with E-state index in [0.717, 1.165) is 29.4 Å². The number of amides is 1. The van der Waals surface area contributed by atoms with E-state index >= 15 is 0 Å². The largest absolute Gasteiger partial charge is 0.370 e. The van der Waals surface area contributed by atoms with Crippen LogP contribution < -0.4 is 0 Å². The first-order chi connectivity index (χ1) is 11.2. The van der Waals surface area contributed by atoms with Crippen molar-refractivity contribution in [2.24, 2.45) is 21.8 Å². The van der Waals surface area contributed by atoms with Crippen molar-refractivity contribution in [2.45, 2.75) is 45.1 Å². The molecule has 3 atom stereocenters. The van der Waals surface area contributed by atoms with Gasteiger partial charge in [-0.25, -0.2) is 4.99 Å². The van der Waals surface area contributed by atoms with E-state index in [1.165, 1.54) is 29.7 Å². The van der Waals surface area contributed by atoms with Crippen LogP contribution in [0.5, 0.6) is 0 Å². The summed E-state index contributed by atoms with van der Waals surface area (Å²) in [5, 5.41) is 0.938. The lowest BCUT2D eigenvalue weighted by molar-refractivity contribution is -0.118. The molecular formula is C17H22N2O2S2. The van der Waals surface area contributed by atoms with Crippen LogP contribution in [0.4, 0.5) is 0 Å². The fourth-order valence-electron chi connectivity index (χ4n) is 3.78. The topological polar surface area (TPSA) is 51.0 Å². The van der Waals surface area contributed by atoms with Crippen molar-refractivity contribution in [3.05, 3.63) is 10.5 Å². The number of rotatable bonds is 3. The minimum Gasteiger partial charge on any atom is -0.370 e. The molecule has 6 heteroatoms. The van der Waals surface area contributed by atoms with E-state index in [4.69, 9.17) is 4.74 Å². The molecule has 0 aromatic rings. The summed E-state index contributed by atoms with van der Waals surface area (Å²) < 4.78 is 6.03. The predicted molar refractivity (Wildman–Crippen MR) is 97.3 cm³/mol. The first kappa shape index (κ1) is 15.9. The highest BCUT2D eigenvalue weighted by Gasteiger charge is 2.40. The lowest BCUT2D eigenvalue weighted by atomic mass is 9.88. The summed E-state index contributed by atoms with van der Waals surface area (Å²) in [5.74, 6) is 3.09. The minimum atomic E-state index is -0.173. The number of carbonyl (C=O) groups excluding carboxylic acids is 1. The molecule has 0 aromatic heterocycles. The van der Waals surface area contributed by atoms with Crippen LogP contribution in [0.2, 0.25) is 0 Å². The Kier molecular flexibility index (Phi) is 4.65. The molecule has 1 saturated carbocycles. The van der Waals surface area contributed by atoms with Crippen molar-refractivity contribution in [3.8, 4) is 0 Å². The van der Waals surface area contributed by atoms with E-state index in [9.17, 15) is 4.79 Å². The summed E-state index contributed by atoms with van der Waals surface area (Å²) in [6, 6.07) is 0. The van der Waals surface area contributed by atoms with E-state index in [-0.39, 0.29) is 11.8 Å². The Bertz CT molecular complexity index is 612. The summed E-state index contributed by atoms with van der Waals surface area (Å²) in [6.07, 6.45) is 6.18. The number of hydrogen-bond acceptors (Lipinski definition) is 5. The second-order valence-corrected chi connectivity index (χ2v) is 8.93. The highest BCUT2D eigenvalue weighted by Crippen LogP contribution is 2.46. The second-order valence-electron chi connectivity index (χ2n) is 6.71. The van der Waals surface area contributed by atoms with E-state index < -0.39 is 0 Å². The molecule has 0 spiro atoms. The molecule has 0 aromatic carbocycles. The number of thioether (sulfide) groups is 2. The second kappa shape index (κ2) is 6.73. The summed E-state index contributed by atoms with van der Waals surface area (Å²) in [7, 11) is 0. The van der Waals surface area contributed by atoms with Gasteiger partial charge in [-0.2, -0.15) is 16.8 Å². The Labute approximate surface area is 145 Å². The third-order valence-electron chi connectivity index (χ3n) is 5.11. The molecule has 4 nitrogen and oxygen atoms in total. The Morgan fingerprint density at radius 1 is 1.26 bits per heavy atom. The summed E-state index contributed by atoms with van der Waals surface area (Å²) >= 11 is 3.64. The molecule has 23 heavy (non-hydrogen) atoms. The van der Waals surface area contributed by atoms with Gasteiger partial charge in [-0.3, -0.25) is 4.79 Å². The van der Waals surface area contributed by atoms with Gasteiger partial charge in [0.2, 0.25) is 0 Å². The average molecular weight is 351 g/mol. The van der Waals surface area contributed by atoms with E-state index in [1.54, 1.807) is 11.8 Å². The number of aliphatic imine (C=N–C) groups is 2. The summed E-state index contributed by atoms with van der Waals surface area (Å²) in [6.45, 7) is 2.62.